The lowest BCUT2D eigenvalue weighted by Gasteiger charge is -2.11. The fourth-order valence-electron chi connectivity index (χ4n) is 0.643. The molecule has 0 atom stereocenters. The fraction of sp³-hybridized carbons (Fsp3) is 0.833. The molecule has 9 heavy (non-hydrogen) atoms. The average molecular weight is 147 g/mol. The van der Waals surface area contributed by atoms with E-state index >= 15 is 0 Å². The summed E-state index contributed by atoms with van der Waals surface area (Å²) in [6.45, 7) is 3.78. The topological polar surface area (TPSA) is 18.5 Å². The van der Waals surface area contributed by atoms with Gasteiger partial charge in [0.05, 0.1) is 0 Å². The lowest BCUT2D eigenvalue weighted by molar-refractivity contribution is -0.0875. The molecule has 0 heterocycles. The summed E-state index contributed by atoms with van der Waals surface area (Å²) in [4.78, 5) is 0. The van der Waals surface area contributed by atoms with Crippen molar-refractivity contribution in [3.05, 3.63) is 6.92 Å². The number of ether oxygens (including phenoxy) is 2. The Morgan fingerprint density at radius 2 is 2.00 bits per heavy atom. The van der Waals surface area contributed by atoms with E-state index in [4.69, 9.17) is 9.47 Å². The van der Waals surface area contributed by atoms with Crippen molar-refractivity contribution in [3.8, 4) is 0 Å². The summed E-state index contributed by atoms with van der Waals surface area (Å²) in [5.74, 6) is 0. The maximum absolute atomic E-state index is 4.99. The quantitative estimate of drug-likeness (QED) is 0.415. The molecule has 0 aromatic carbocycles. The first-order valence-electron chi connectivity index (χ1n) is 3.20. The van der Waals surface area contributed by atoms with Gasteiger partial charge in [-0.1, -0.05) is 13.0 Å². The first-order chi connectivity index (χ1) is 4.35. The highest BCUT2D eigenvalue weighted by Crippen LogP contribution is 1.97. The number of methoxy groups -OCH3 is 2. The summed E-state index contributed by atoms with van der Waals surface area (Å²) in [5.41, 5.74) is 0. The normalized spacial score (nSPS) is 12.0. The molecular weight excluding hydrogens is 132 g/mol. The van der Waals surface area contributed by atoms with Crippen LogP contribution in [0.3, 0.4) is 0 Å². The lowest BCUT2D eigenvalue weighted by atomic mass is 10.7. The fourth-order valence-corrected chi connectivity index (χ4v) is 1.74. The van der Waals surface area contributed by atoms with E-state index in [1.54, 1.807) is 14.2 Å². The molecule has 0 N–H and O–H groups in total. The summed E-state index contributed by atoms with van der Waals surface area (Å²) in [6, 6.07) is 2.17. The molecule has 2 nitrogen and oxygen atoms in total. The molecule has 0 unspecified atom stereocenters. The number of hydrogen-bond acceptors (Lipinski definition) is 2. The van der Waals surface area contributed by atoms with Crippen LogP contribution >= 0.6 is 0 Å². The molecular formula is C6H15O2Si. The van der Waals surface area contributed by atoms with Crippen molar-refractivity contribution >= 4 is 9.52 Å². The highest BCUT2D eigenvalue weighted by molar-refractivity contribution is 6.35. The van der Waals surface area contributed by atoms with Crippen LogP contribution in [-0.4, -0.2) is 30.0 Å². The lowest BCUT2D eigenvalue weighted by Crippen LogP contribution is -2.14. The summed E-state index contributed by atoms with van der Waals surface area (Å²) < 4.78 is 9.97. The van der Waals surface area contributed by atoms with Crippen LogP contribution in [0.15, 0.2) is 0 Å². The third-order valence-electron chi connectivity index (χ3n) is 1.22. The van der Waals surface area contributed by atoms with E-state index < -0.39 is 0 Å². The summed E-state index contributed by atoms with van der Waals surface area (Å²) in [7, 11) is 3.34. The summed E-state index contributed by atoms with van der Waals surface area (Å²) in [5, 5.41) is 0. The van der Waals surface area contributed by atoms with Gasteiger partial charge in [0.25, 0.3) is 0 Å². The van der Waals surface area contributed by atoms with E-state index in [1.165, 1.54) is 0 Å². The summed E-state index contributed by atoms with van der Waals surface area (Å²) in [6.07, 6.45) is 0.0263. The van der Waals surface area contributed by atoms with E-state index in [9.17, 15) is 0 Å². The van der Waals surface area contributed by atoms with Crippen LogP contribution < -0.4 is 0 Å². The van der Waals surface area contributed by atoms with Gasteiger partial charge in [0.1, 0.15) is 0 Å². The molecule has 0 saturated heterocycles. The van der Waals surface area contributed by atoms with Crippen molar-refractivity contribution in [1.29, 1.82) is 0 Å². The average Bonchev–Trinajstić information content (AvgIpc) is 1.91. The van der Waals surface area contributed by atoms with E-state index in [0.717, 1.165) is 12.1 Å². The van der Waals surface area contributed by atoms with Crippen molar-refractivity contribution in [2.24, 2.45) is 0 Å². The van der Waals surface area contributed by atoms with E-state index in [1.807, 2.05) is 0 Å². The van der Waals surface area contributed by atoms with Gasteiger partial charge in [-0.2, -0.15) is 0 Å². The van der Waals surface area contributed by atoms with Gasteiger partial charge in [-0.25, -0.2) is 0 Å². The van der Waals surface area contributed by atoms with Crippen LogP contribution in [0.1, 0.15) is 0 Å². The zero-order valence-corrected chi connectivity index (χ0v) is 7.64. The molecule has 0 aliphatic heterocycles. The van der Waals surface area contributed by atoms with E-state index in [-0.39, 0.29) is 15.8 Å². The van der Waals surface area contributed by atoms with Gasteiger partial charge in [0, 0.05) is 23.7 Å². The molecule has 0 aliphatic rings. The van der Waals surface area contributed by atoms with Gasteiger partial charge in [0.15, 0.2) is 6.29 Å². The third-order valence-corrected chi connectivity index (χ3v) is 2.60. The molecule has 3 heteroatoms. The SMILES string of the molecule is [CH2]C[SiH2]CC(OC)OC. The van der Waals surface area contributed by atoms with Crippen LogP contribution in [-0.2, 0) is 9.47 Å². The second-order valence-corrected chi connectivity index (χ2v) is 3.89. The maximum Gasteiger partial charge on any atom is 0.153 e. The Bertz CT molecular complexity index is 55.0. The van der Waals surface area contributed by atoms with E-state index in [0.29, 0.717) is 0 Å². The zero-order chi connectivity index (χ0) is 7.11. The first kappa shape index (κ1) is 9.14. The Balaban J connectivity index is 3.09. The monoisotopic (exact) mass is 147 g/mol. The standard InChI is InChI=1S/C6H15O2Si/c1-4-9-5-6(7-2)8-3/h6H,1,4-5,9H2,2-3H3. The second-order valence-electron chi connectivity index (χ2n) is 1.90. The zero-order valence-electron chi connectivity index (χ0n) is 6.22. The minimum Gasteiger partial charge on any atom is -0.356 e. The van der Waals surface area contributed by atoms with Gasteiger partial charge in [-0.05, 0) is 6.04 Å². The largest absolute Gasteiger partial charge is 0.356 e. The molecule has 0 rings (SSSR count). The van der Waals surface area contributed by atoms with Crippen molar-refractivity contribution in [2.75, 3.05) is 14.2 Å². The Morgan fingerprint density at radius 1 is 1.44 bits per heavy atom. The molecule has 0 aliphatic carbocycles. The minimum atomic E-state index is -0.00883. The highest BCUT2D eigenvalue weighted by atomic mass is 28.2. The molecule has 0 spiro atoms. The minimum absolute atomic E-state index is 0.00883. The molecule has 0 amide bonds. The molecule has 0 bridgehead atoms. The van der Waals surface area contributed by atoms with Crippen molar-refractivity contribution in [1.82, 2.24) is 0 Å². The molecule has 0 aromatic rings. The number of rotatable bonds is 5. The van der Waals surface area contributed by atoms with Crippen molar-refractivity contribution in [2.45, 2.75) is 18.4 Å². The Hall–Kier alpha value is 0.137. The molecule has 0 aromatic heterocycles. The molecule has 0 saturated carbocycles. The second kappa shape index (κ2) is 6.26. The predicted molar refractivity (Wildman–Crippen MR) is 41.3 cm³/mol. The maximum atomic E-state index is 4.99. The third kappa shape index (κ3) is 4.63. The van der Waals surface area contributed by atoms with Gasteiger partial charge in [-0.3, -0.25) is 0 Å². The van der Waals surface area contributed by atoms with Crippen LogP contribution in [0.4, 0.5) is 0 Å². The Kier molecular flexibility index (Phi) is 6.35. The molecule has 55 valence electrons. The predicted octanol–water partition coefficient (Wildman–Crippen LogP) is 0.445. The van der Waals surface area contributed by atoms with Crippen LogP contribution in [0, 0.1) is 6.92 Å². The first-order valence-corrected chi connectivity index (χ1v) is 5.20. The molecule has 0 fully saturated rings. The van der Waals surface area contributed by atoms with Crippen LogP contribution in [0.25, 0.3) is 0 Å². The van der Waals surface area contributed by atoms with Gasteiger partial charge < -0.3 is 9.47 Å². The Labute approximate surface area is 59.4 Å². The van der Waals surface area contributed by atoms with Crippen molar-refractivity contribution < 1.29 is 9.47 Å². The van der Waals surface area contributed by atoms with Crippen molar-refractivity contribution in [3.63, 3.8) is 0 Å². The summed E-state index contributed by atoms with van der Waals surface area (Å²) >= 11 is 0. The van der Waals surface area contributed by atoms with Gasteiger partial charge >= 0.3 is 0 Å². The van der Waals surface area contributed by atoms with Gasteiger partial charge in [-0.15, -0.1) is 0 Å². The van der Waals surface area contributed by atoms with Crippen LogP contribution in [0.2, 0.25) is 12.1 Å². The number of hydrogen-bond donors (Lipinski definition) is 0. The molecule has 1 radical (unpaired) electrons. The smallest absolute Gasteiger partial charge is 0.153 e. The highest BCUT2D eigenvalue weighted by Gasteiger charge is 2.01. The van der Waals surface area contributed by atoms with E-state index in [2.05, 4.69) is 6.92 Å². The Morgan fingerprint density at radius 3 is 2.33 bits per heavy atom. The van der Waals surface area contributed by atoms with Crippen LogP contribution in [0.5, 0.6) is 0 Å². The van der Waals surface area contributed by atoms with Gasteiger partial charge in [0.2, 0.25) is 0 Å².